The summed E-state index contributed by atoms with van der Waals surface area (Å²) in [4.78, 5) is 4.49. The summed E-state index contributed by atoms with van der Waals surface area (Å²) in [6.07, 6.45) is 4.21. The van der Waals surface area contributed by atoms with Crippen LogP contribution in [0.3, 0.4) is 0 Å². The molecule has 0 aliphatic carbocycles. The first-order valence-corrected chi connectivity index (χ1v) is 11.6. The fourth-order valence-electron chi connectivity index (χ4n) is 4.31. The van der Waals surface area contributed by atoms with Crippen LogP contribution < -0.4 is 0 Å². The standard InChI is InChI=1S/C29H28F3N/c1-2-3-4-5-6-9-21-12-14-23(15-13-21)26-20-24(16-17-27(26)29(30,31)32)28-25-11-8-7-10-22(25)18-19-33-28/h7-8,10-20H,2-6,9H2,1H3. The molecule has 0 N–H and O–H groups in total. The lowest BCUT2D eigenvalue weighted by Gasteiger charge is -2.16. The molecule has 0 saturated carbocycles. The summed E-state index contributed by atoms with van der Waals surface area (Å²) in [5, 5.41) is 1.93. The molecule has 0 atom stereocenters. The topological polar surface area (TPSA) is 12.9 Å². The Kier molecular flexibility index (Phi) is 7.12. The number of nitrogens with zero attached hydrogens (tertiary/aromatic N) is 1. The second-order valence-corrected chi connectivity index (χ2v) is 8.50. The van der Waals surface area contributed by atoms with Gasteiger partial charge in [0.15, 0.2) is 0 Å². The van der Waals surface area contributed by atoms with E-state index in [0.717, 1.165) is 29.2 Å². The molecule has 3 aromatic carbocycles. The van der Waals surface area contributed by atoms with E-state index < -0.39 is 11.7 Å². The number of halogens is 3. The van der Waals surface area contributed by atoms with Gasteiger partial charge in [0.1, 0.15) is 0 Å². The molecule has 1 aromatic heterocycles. The zero-order chi connectivity index (χ0) is 23.3. The first-order valence-electron chi connectivity index (χ1n) is 11.6. The first kappa shape index (κ1) is 23.0. The summed E-state index contributed by atoms with van der Waals surface area (Å²) in [7, 11) is 0. The van der Waals surface area contributed by atoms with Crippen LogP contribution in [0.4, 0.5) is 13.2 Å². The SMILES string of the molecule is CCCCCCCc1ccc(-c2cc(-c3nccc4ccccc34)ccc2C(F)(F)F)cc1. The van der Waals surface area contributed by atoms with Crippen LogP contribution in [-0.4, -0.2) is 4.98 Å². The number of aryl methyl sites for hydroxylation is 1. The summed E-state index contributed by atoms with van der Waals surface area (Å²) < 4.78 is 41.6. The predicted molar refractivity (Wildman–Crippen MR) is 130 cm³/mol. The molecule has 33 heavy (non-hydrogen) atoms. The lowest BCUT2D eigenvalue weighted by atomic mass is 9.93. The molecular formula is C29H28F3N. The van der Waals surface area contributed by atoms with Crippen molar-refractivity contribution in [1.29, 1.82) is 0 Å². The molecule has 1 heterocycles. The Balaban J connectivity index is 1.68. The zero-order valence-electron chi connectivity index (χ0n) is 18.8. The van der Waals surface area contributed by atoms with Crippen molar-refractivity contribution in [3.05, 3.63) is 90.1 Å². The summed E-state index contributed by atoms with van der Waals surface area (Å²) in [5.41, 5.74) is 2.65. The molecule has 0 spiro atoms. The molecule has 170 valence electrons. The number of alkyl halides is 3. The third-order valence-corrected chi connectivity index (χ3v) is 6.11. The highest BCUT2D eigenvalue weighted by atomic mass is 19.4. The van der Waals surface area contributed by atoms with Crippen molar-refractivity contribution in [1.82, 2.24) is 4.98 Å². The van der Waals surface area contributed by atoms with Crippen LogP contribution in [0.5, 0.6) is 0 Å². The second kappa shape index (κ2) is 10.2. The number of pyridine rings is 1. The summed E-state index contributed by atoms with van der Waals surface area (Å²) in [5.74, 6) is 0. The van der Waals surface area contributed by atoms with E-state index in [2.05, 4.69) is 11.9 Å². The maximum absolute atomic E-state index is 13.9. The molecular weight excluding hydrogens is 419 g/mol. The number of fused-ring (bicyclic) bond motifs is 1. The van der Waals surface area contributed by atoms with Crippen LogP contribution in [-0.2, 0) is 12.6 Å². The van der Waals surface area contributed by atoms with Gasteiger partial charge in [-0.15, -0.1) is 0 Å². The van der Waals surface area contributed by atoms with Gasteiger partial charge in [0.2, 0.25) is 0 Å². The lowest BCUT2D eigenvalue weighted by Crippen LogP contribution is -2.07. The number of unbranched alkanes of at least 4 members (excludes halogenated alkanes) is 4. The smallest absolute Gasteiger partial charge is 0.256 e. The van der Waals surface area contributed by atoms with E-state index in [4.69, 9.17) is 0 Å². The van der Waals surface area contributed by atoms with Gasteiger partial charge in [-0.2, -0.15) is 13.2 Å². The van der Waals surface area contributed by atoms with Gasteiger partial charge in [0.25, 0.3) is 0 Å². The van der Waals surface area contributed by atoms with E-state index in [1.54, 1.807) is 12.3 Å². The van der Waals surface area contributed by atoms with Crippen molar-refractivity contribution in [3.63, 3.8) is 0 Å². The third kappa shape index (κ3) is 5.44. The summed E-state index contributed by atoms with van der Waals surface area (Å²) in [6, 6.07) is 21.5. The van der Waals surface area contributed by atoms with Crippen LogP contribution in [0.1, 0.15) is 50.2 Å². The minimum absolute atomic E-state index is 0.184. The highest BCUT2D eigenvalue weighted by Gasteiger charge is 2.34. The quantitative estimate of drug-likeness (QED) is 0.245. The van der Waals surface area contributed by atoms with Crippen molar-refractivity contribution >= 4 is 10.8 Å². The first-order chi connectivity index (χ1) is 16.0. The molecule has 0 aliphatic heterocycles. The predicted octanol–water partition coefficient (Wildman–Crippen LogP) is 9.10. The Morgan fingerprint density at radius 2 is 1.48 bits per heavy atom. The fourth-order valence-corrected chi connectivity index (χ4v) is 4.31. The Hall–Kier alpha value is -3.14. The third-order valence-electron chi connectivity index (χ3n) is 6.11. The van der Waals surface area contributed by atoms with Crippen LogP contribution in [0.15, 0.2) is 79.0 Å². The van der Waals surface area contributed by atoms with Gasteiger partial charge < -0.3 is 0 Å². The average Bonchev–Trinajstić information content (AvgIpc) is 2.83. The Labute approximate surface area is 193 Å². The Morgan fingerprint density at radius 3 is 2.24 bits per heavy atom. The van der Waals surface area contributed by atoms with E-state index in [1.807, 2.05) is 54.6 Å². The van der Waals surface area contributed by atoms with E-state index in [9.17, 15) is 13.2 Å². The minimum Gasteiger partial charge on any atom is -0.256 e. The van der Waals surface area contributed by atoms with Gasteiger partial charge in [-0.25, -0.2) is 0 Å². The van der Waals surface area contributed by atoms with Gasteiger partial charge in [-0.3, -0.25) is 4.98 Å². The Bertz CT molecular complexity index is 1200. The van der Waals surface area contributed by atoms with Gasteiger partial charge in [-0.1, -0.05) is 87.2 Å². The highest BCUT2D eigenvalue weighted by Crippen LogP contribution is 2.40. The normalized spacial score (nSPS) is 11.8. The number of aromatic nitrogens is 1. The van der Waals surface area contributed by atoms with Crippen molar-refractivity contribution in [2.45, 2.75) is 51.6 Å². The summed E-state index contributed by atoms with van der Waals surface area (Å²) >= 11 is 0. The molecule has 0 saturated heterocycles. The van der Waals surface area contributed by atoms with Crippen LogP contribution in [0.25, 0.3) is 33.2 Å². The van der Waals surface area contributed by atoms with Gasteiger partial charge >= 0.3 is 6.18 Å². The molecule has 0 unspecified atom stereocenters. The maximum atomic E-state index is 13.9. The molecule has 0 fully saturated rings. The van der Waals surface area contributed by atoms with Crippen molar-refractivity contribution in [2.75, 3.05) is 0 Å². The summed E-state index contributed by atoms with van der Waals surface area (Å²) in [6.45, 7) is 2.19. The number of benzene rings is 3. The lowest BCUT2D eigenvalue weighted by molar-refractivity contribution is -0.137. The zero-order valence-corrected chi connectivity index (χ0v) is 18.8. The van der Waals surface area contributed by atoms with Gasteiger partial charge in [0.05, 0.1) is 11.3 Å². The Morgan fingerprint density at radius 1 is 0.758 bits per heavy atom. The van der Waals surface area contributed by atoms with E-state index in [-0.39, 0.29) is 5.56 Å². The molecule has 4 rings (SSSR count). The van der Waals surface area contributed by atoms with Crippen molar-refractivity contribution in [3.8, 4) is 22.4 Å². The second-order valence-electron chi connectivity index (χ2n) is 8.50. The van der Waals surface area contributed by atoms with Crippen molar-refractivity contribution in [2.24, 2.45) is 0 Å². The number of hydrogen-bond acceptors (Lipinski definition) is 1. The monoisotopic (exact) mass is 447 g/mol. The molecule has 0 radical (unpaired) electrons. The van der Waals surface area contributed by atoms with Crippen LogP contribution in [0, 0.1) is 0 Å². The molecule has 1 nitrogen and oxygen atoms in total. The average molecular weight is 448 g/mol. The molecule has 4 aromatic rings. The van der Waals surface area contributed by atoms with Gasteiger partial charge in [0, 0.05) is 17.1 Å². The maximum Gasteiger partial charge on any atom is 0.417 e. The largest absolute Gasteiger partial charge is 0.417 e. The van der Waals surface area contributed by atoms with E-state index in [0.29, 0.717) is 16.8 Å². The van der Waals surface area contributed by atoms with Crippen LogP contribution in [0.2, 0.25) is 0 Å². The van der Waals surface area contributed by atoms with Crippen LogP contribution >= 0.6 is 0 Å². The van der Waals surface area contributed by atoms with Crippen molar-refractivity contribution < 1.29 is 13.2 Å². The molecule has 0 aliphatic rings. The van der Waals surface area contributed by atoms with E-state index in [1.165, 1.54) is 37.8 Å². The molecule has 0 amide bonds. The van der Waals surface area contributed by atoms with Gasteiger partial charge in [-0.05, 0) is 53.1 Å². The van der Waals surface area contributed by atoms with E-state index >= 15 is 0 Å². The molecule has 4 heteroatoms. The number of rotatable bonds is 8. The fraction of sp³-hybridized carbons (Fsp3) is 0.276. The molecule has 0 bridgehead atoms. The minimum atomic E-state index is -4.43. The highest BCUT2D eigenvalue weighted by molar-refractivity contribution is 5.95. The number of hydrogen-bond donors (Lipinski definition) is 0.